The molecule has 0 saturated carbocycles. The van der Waals surface area contributed by atoms with Crippen molar-refractivity contribution >= 4 is 11.6 Å². The fourth-order valence-electron chi connectivity index (χ4n) is 1.96. The molecule has 0 aliphatic carbocycles. The van der Waals surface area contributed by atoms with Crippen LogP contribution in [0.25, 0.3) is 0 Å². The number of hydrogen-bond donors (Lipinski definition) is 1. The van der Waals surface area contributed by atoms with Gasteiger partial charge in [0, 0.05) is 19.7 Å². The largest absolute Gasteiger partial charge is 0.486 e. The summed E-state index contributed by atoms with van der Waals surface area (Å²) in [5, 5.41) is 10.9. The highest BCUT2D eigenvalue weighted by atomic mass is 16.6. The lowest BCUT2D eigenvalue weighted by Gasteiger charge is -2.29. The summed E-state index contributed by atoms with van der Waals surface area (Å²) in [5.41, 5.74) is 5.40. The molecule has 0 saturated heterocycles. The molecule has 0 atom stereocenters. The lowest BCUT2D eigenvalue weighted by atomic mass is 9.93. The molecule has 1 aromatic rings. The number of rotatable bonds is 8. The first-order valence-electron chi connectivity index (χ1n) is 7.07. The number of amides is 1. The maximum atomic E-state index is 12.0. The first-order chi connectivity index (χ1) is 10.3. The van der Waals surface area contributed by atoms with Crippen molar-refractivity contribution in [2.24, 2.45) is 11.1 Å². The summed E-state index contributed by atoms with van der Waals surface area (Å²) < 4.78 is 5.36. The maximum Gasteiger partial charge on any atom is 0.310 e. The summed E-state index contributed by atoms with van der Waals surface area (Å²) in [6.07, 6.45) is 0.156. The number of carbonyl (C=O) groups excluding carboxylic acids is 1. The van der Waals surface area contributed by atoms with Gasteiger partial charge in [-0.15, -0.1) is 0 Å². The van der Waals surface area contributed by atoms with Crippen LogP contribution in [0.1, 0.15) is 20.3 Å². The van der Waals surface area contributed by atoms with Gasteiger partial charge >= 0.3 is 5.69 Å². The molecule has 1 aromatic carbocycles. The lowest BCUT2D eigenvalue weighted by Crippen LogP contribution is -2.40. The third-order valence-corrected chi connectivity index (χ3v) is 3.28. The third-order valence-electron chi connectivity index (χ3n) is 3.28. The Morgan fingerprint density at radius 1 is 1.41 bits per heavy atom. The van der Waals surface area contributed by atoms with E-state index in [-0.39, 0.29) is 35.8 Å². The number of benzene rings is 1. The van der Waals surface area contributed by atoms with Crippen LogP contribution in [0, 0.1) is 15.5 Å². The number of ether oxygens (including phenoxy) is 1. The summed E-state index contributed by atoms with van der Waals surface area (Å²) in [5.74, 6) is 0.0883. The molecule has 7 nitrogen and oxygen atoms in total. The SMILES string of the molecule is CN(CC(C)(C)CN)C(=O)CCOc1ccccc1[N+](=O)[O-]. The molecule has 1 amide bonds. The number of nitrogens with zero attached hydrogens (tertiary/aromatic N) is 2. The van der Waals surface area contributed by atoms with E-state index in [1.807, 2.05) is 13.8 Å². The Morgan fingerprint density at radius 2 is 2.05 bits per heavy atom. The second kappa shape index (κ2) is 7.74. The molecule has 0 radical (unpaired) electrons. The van der Waals surface area contributed by atoms with E-state index < -0.39 is 4.92 Å². The molecule has 0 heterocycles. The summed E-state index contributed by atoms with van der Waals surface area (Å²) in [4.78, 5) is 24.0. The summed E-state index contributed by atoms with van der Waals surface area (Å²) >= 11 is 0. The fraction of sp³-hybridized carbons (Fsp3) is 0.533. The highest BCUT2D eigenvalue weighted by molar-refractivity contribution is 5.76. The van der Waals surface area contributed by atoms with Gasteiger partial charge in [0.1, 0.15) is 0 Å². The minimum atomic E-state index is -0.507. The van der Waals surface area contributed by atoms with Crippen LogP contribution in [0.4, 0.5) is 5.69 Å². The van der Waals surface area contributed by atoms with Gasteiger partial charge in [-0.05, 0) is 18.0 Å². The summed E-state index contributed by atoms with van der Waals surface area (Å²) in [7, 11) is 1.71. The molecule has 0 bridgehead atoms. The molecule has 0 fully saturated rings. The van der Waals surface area contributed by atoms with Gasteiger partial charge in [-0.2, -0.15) is 0 Å². The Labute approximate surface area is 130 Å². The second-order valence-corrected chi connectivity index (χ2v) is 5.94. The highest BCUT2D eigenvalue weighted by Crippen LogP contribution is 2.25. The van der Waals surface area contributed by atoms with Crippen LogP contribution in [-0.2, 0) is 4.79 Å². The number of nitro benzene ring substituents is 1. The minimum absolute atomic E-state index is 0.0832. The average molecular weight is 309 g/mol. The Hall–Kier alpha value is -2.15. The minimum Gasteiger partial charge on any atom is -0.486 e. The normalized spacial score (nSPS) is 11.1. The Bertz CT molecular complexity index is 531. The molecule has 0 aliphatic rings. The van der Waals surface area contributed by atoms with E-state index >= 15 is 0 Å². The predicted molar refractivity (Wildman–Crippen MR) is 83.7 cm³/mol. The maximum absolute atomic E-state index is 12.0. The quantitative estimate of drug-likeness (QED) is 0.583. The zero-order valence-corrected chi connectivity index (χ0v) is 13.2. The van der Waals surface area contributed by atoms with E-state index in [2.05, 4.69) is 0 Å². The van der Waals surface area contributed by atoms with E-state index in [0.717, 1.165) is 0 Å². The van der Waals surface area contributed by atoms with E-state index in [9.17, 15) is 14.9 Å². The molecular formula is C15H23N3O4. The fourth-order valence-corrected chi connectivity index (χ4v) is 1.96. The monoisotopic (exact) mass is 309 g/mol. The standard InChI is InChI=1S/C15H23N3O4/c1-15(2,10-16)11-17(3)14(19)8-9-22-13-7-5-4-6-12(13)18(20)21/h4-7H,8-11,16H2,1-3H3. The Balaban J connectivity index is 2.51. The molecule has 1 rings (SSSR count). The topological polar surface area (TPSA) is 98.7 Å². The van der Waals surface area contributed by atoms with Gasteiger partial charge in [0.25, 0.3) is 0 Å². The van der Waals surface area contributed by atoms with Crippen molar-refractivity contribution in [3.63, 3.8) is 0 Å². The molecule has 0 aliphatic heterocycles. The molecule has 0 unspecified atom stereocenters. The van der Waals surface area contributed by atoms with Crippen molar-refractivity contribution in [3.05, 3.63) is 34.4 Å². The second-order valence-electron chi connectivity index (χ2n) is 5.94. The number of para-hydroxylation sites is 2. The van der Waals surface area contributed by atoms with Crippen molar-refractivity contribution in [1.82, 2.24) is 4.90 Å². The Morgan fingerprint density at radius 3 is 2.64 bits per heavy atom. The number of carbonyl (C=O) groups is 1. The number of hydrogen-bond acceptors (Lipinski definition) is 5. The summed E-state index contributed by atoms with van der Waals surface area (Å²) in [6, 6.07) is 6.11. The molecule has 0 aromatic heterocycles. The van der Waals surface area contributed by atoms with E-state index in [1.165, 1.54) is 12.1 Å². The van der Waals surface area contributed by atoms with E-state index in [0.29, 0.717) is 13.1 Å². The molecular weight excluding hydrogens is 286 g/mol. The van der Waals surface area contributed by atoms with Crippen LogP contribution in [0.2, 0.25) is 0 Å². The van der Waals surface area contributed by atoms with Crippen molar-refractivity contribution in [2.75, 3.05) is 26.7 Å². The van der Waals surface area contributed by atoms with Gasteiger partial charge in [0.15, 0.2) is 5.75 Å². The molecule has 122 valence electrons. The van der Waals surface area contributed by atoms with E-state index in [1.54, 1.807) is 24.1 Å². The molecule has 22 heavy (non-hydrogen) atoms. The van der Waals surface area contributed by atoms with Crippen LogP contribution in [0.15, 0.2) is 24.3 Å². The number of nitro groups is 1. The lowest BCUT2D eigenvalue weighted by molar-refractivity contribution is -0.385. The zero-order chi connectivity index (χ0) is 16.8. The van der Waals surface area contributed by atoms with Gasteiger partial charge < -0.3 is 15.4 Å². The first kappa shape index (κ1) is 17.9. The van der Waals surface area contributed by atoms with Gasteiger partial charge in [-0.25, -0.2) is 0 Å². The number of nitrogens with two attached hydrogens (primary N) is 1. The van der Waals surface area contributed by atoms with Crippen LogP contribution in [0.5, 0.6) is 5.75 Å². The van der Waals surface area contributed by atoms with Crippen LogP contribution >= 0.6 is 0 Å². The predicted octanol–water partition coefficient (Wildman–Crippen LogP) is 1.81. The Kier molecular flexibility index (Phi) is 6.30. The van der Waals surface area contributed by atoms with Gasteiger partial charge in [-0.3, -0.25) is 14.9 Å². The molecule has 0 spiro atoms. The molecule has 7 heteroatoms. The first-order valence-corrected chi connectivity index (χ1v) is 7.07. The zero-order valence-electron chi connectivity index (χ0n) is 13.2. The van der Waals surface area contributed by atoms with Gasteiger partial charge in [-0.1, -0.05) is 26.0 Å². The van der Waals surface area contributed by atoms with Crippen LogP contribution < -0.4 is 10.5 Å². The highest BCUT2D eigenvalue weighted by Gasteiger charge is 2.21. The van der Waals surface area contributed by atoms with Gasteiger partial charge in [0.05, 0.1) is 18.0 Å². The van der Waals surface area contributed by atoms with Gasteiger partial charge in [0.2, 0.25) is 5.91 Å². The van der Waals surface area contributed by atoms with Crippen molar-refractivity contribution in [2.45, 2.75) is 20.3 Å². The van der Waals surface area contributed by atoms with Crippen molar-refractivity contribution < 1.29 is 14.5 Å². The van der Waals surface area contributed by atoms with Crippen molar-refractivity contribution in [1.29, 1.82) is 0 Å². The smallest absolute Gasteiger partial charge is 0.310 e. The van der Waals surface area contributed by atoms with Crippen LogP contribution in [-0.4, -0.2) is 42.5 Å². The summed E-state index contributed by atoms with van der Waals surface area (Å²) in [6.45, 7) is 5.10. The van der Waals surface area contributed by atoms with E-state index in [4.69, 9.17) is 10.5 Å². The average Bonchev–Trinajstić information content (AvgIpc) is 2.47. The third kappa shape index (κ3) is 5.33. The van der Waals surface area contributed by atoms with Crippen molar-refractivity contribution in [3.8, 4) is 5.75 Å². The molecule has 2 N–H and O–H groups in total. The van der Waals surface area contributed by atoms with Crippen LogP contribution in [0.3, 0.4) is 0 Å².